The van der Waals surface area contributed by atoms with E-state index in [1.165, 1.54) is 32.1 Å². The molecule has 0 N–H and O–H groups in total. The Labute approximate surface area is 89.9 Å². The first-order chi connectivity index (χ1) is 5.77. The van der Waals surface area contributed by atoms with Crippen LogP contribution in [0.1, 0.15) is 66.7 Å². The Bertz CT molecular complexity index is 131. The van der Waals surface area contributed by atoms with Gasteiger partial charge in [0.1, 0.15) is 0 Å². The van der Waals surface area contributed by atoms with Crippen molar-refractivity contribution in [1.82, 2.24) is 0 Å². The molecule has 0 saturated carbocycles. The lowest BCUT2D eigenvalue weighted by atomic mass is 9.87. The average Bonchev–Trinajstić information content (AvgIpc) is 1.82. The predicted molar refractivity (Wildman–Crippen MR) is 65.6 cm³/mol. The van der Waals surface area contributed by atoms with Crippen molar-refractivity contribution in [2.75, 3.05) is 0 Å². The van der Waals surface area contributed by atoms with E-state index in [0.29, 0.717) is 5.41 Å². The van der Waals surface area contributed by atoms with Crippen LogP contribution in [-0.4, -0.2) is 4.75 Å². The monoisotopic (exact) mass is 202 g/mol. The molecule has 0 amide bonds. The van der Waals surface area contributed by atoms with Crippen molar-refractivity contribution in [3.05, 3.63) is 0 Å². The molecule has 0 rings (SSSR count). The summed E-state index contributed by atoms with van der Waals surface area (Å²) < 4.78 is 0.264. The van der Waals surface area contributed by atoms with Crippen LogP contribution in [0, 0.1) is 5.41 Å². The summed E-state index contributed by atoms with van der Waals surface area (Å²) in [5.41, 5.74) is 0.482. The Hall–Kier alpha value is 0.350. The molecule has 0 radical (unpaired) electrons. The molecule has 0 bridgehead atoms. The molecule has 0 aliphatic rings. The zero-order chi connectivity index (χ0) is 10.5. The molecule has 0 aromatic carbocycles. The van der Waals surface area contributed by atoms with Crippen LogP contribution in [-0.2, 0) is 0 Å². The summed E-state index contributed by atoms with van der Waals surface area (Å²) in [4.78, 5) is 0. The van der Waals surface area contributed by atoms with Crippen molar-refractivity contribution in [3.8, 4) is 0 Å². The SMILES string of the molecule is CCCC(C)(S)CCCC(C)(C)C. The molecule has 0 aromatic heterocycles. The van der Waals surface area contributed by atoms with Crippen LogP contribution >= 0.6 is 12.6 Å². The summed E-state index contributed by atoms with van der Waals surface area (Å²) in [6.45, 7) is 11.4. The van der Waals surface area contributed by atoms with Crippen molar-refractivity contribution < 1.29 is 0 Å². The zero-order valence-corrected chi connectivity index (χ0v) is 10.9. The fourth-order valence-electron chi connectivity index (χ4n) is 1.66. The van der Waals surface area contributed by atoms with E-state index < -0.39 is 0 Å². The minimum atomic E-state index is 0.264. The van der Waals surface area contributed by atoms with Gasteiger partial charge in [0, 0.05) is 4.75 Å². The molecule has 0 aromatic rings. The Morgan fingerprint density at radius 2 is 1.46 bits per heavy atom. The van der Waals surface area contributed by atoms with Gasteiger partial charge in [-0.2, -0.15) is 12.6 Å². The lowest BCUT2D eigenvalue weighted by Crippen LogP contribution is -2.17. The van der Waals surface area contributed by atoms with E-state index in [-0.39, 0.29) is 4.75 Å². The van der Waals surface area contributed by atoms with E-state index in [9.17, 15) is 0 Å². The first kappa shape index (κ1) is 13.4. The topological polar surface area (TPSA) is 0 Å². The second-order valence-corrected chi connectivity index (χ2v) is 6.74. The minimum absolute atomic E-state index is 0.264. The van der Waals surface area contributed by atoms with Gasteiger partial charge in [0.25, 0.3) is 0 Å². The van der Waals surface area contributed by atoms with Gasteiger partial charge in [-0.25, -0.2) is 0 Å². The number of thiol groups is 1. The van der Waals surface area contributed by atoms with Gasteiger partial charge < -0.3 is 0 Å². The summed E-state index contributed by atoms with van der Waals surface area (Å²) in [5.74, 6) is 0. The lowest BCUT2D eigenvalue weighted by Gasteiger charge is -2.25. The molecule has 0 spiro atoms. The van der Waals surface area contributed by atoms with Crippen LogP contribution < -0.4 is 0 Å². The predicted octanol–water partition coefficient (Wildman–Crippen LogP) is 4.69. The maximum Gasteiger partial charge on any atom is 0.0101 e. The van der Waals surface area contributed by atoms with Gasteiger partial charge in [0.05, 0.1) is 0 Å². The molecule has 0 nitrogen and oxygen atoms in total. The second-order valence-electron chi connectivity index (χ2n) is 5.66. The van der Waals surface area contributed by atoms with Gasteiger partial charge in [0.15, 0.2) is 0 Å². The number of hydrogen-bond acceptors (Lipinski definition) is 1. The lowest BCUT2D eigenvalue weighted by molar-refractivity contribution is 0.347. The second kappa shape index (κ2) is 5.29. The molecule has 1 heteroatoms. The summed E-state index contributed by atoms with van der Waals surface area (Å²) >= 11 is 4.70. The minimum Gasteiger partial charge on any atom is -0.173 e. The molecule has 0 heterocycles. The van der Waals surface area contributed by atoms with Crippen molar-refractivity contribution in [1.29, 1.82) is 0 Å². The number of rotatable bonds is 5. The summed E-state index contributed by atoms with van der Waals surface area (Å²) in [7, 11) is 0. The molecule has 1 atom stereocenters. The van der Waals surface area contributed by atoms with E-state index in [4.69, 9.17) is 12.6 Å². The fourth-order valence-corrected chi connectivity index (χ4v) is 2.04. The Morgan fingerprint density at radius 1 is 0.923 bits per heavy atom. The van der Waals surface area contributed by atoms with Gasteiger partial charge in [-0.05, 0) is 24.7 Å². The highest BCUT2D eigenvalue weighted by Gasteiger charge is 2.18. The van der Waals surface area contributed by atoms with E-state index in [0.717, 1.165) is 0 Å². The third-order valence-electron chi connectivity index (χ3n) is 2.43. The van der Waals surface area contributed by atoms with Crippen LogP contribution in [0.3, 0.4) is 0 Å². The third kappa shape index (κ3) is 8.67. The van der Waals surface area contributed by atoms with E-state index in [1.807, 2.05) is 0 Å². The van der Waals surface area contributed by atoms with Crippen LogP contribution in [0.25, 0.3) is 0 Å². The van der Waals surface area contributed by atoms with Crippen LogP contribution in [0.4, 0.5) is 0 Å². The summed E-state index contributed by atoms with van der Waals surface area (Å²) in [6, 6.07) is 0. The Morgan fingerprint density at radius 3 is 1.85 bits per heavy atom. The van der Waals surface area contributed by atoms with E-state index in [1.54, 1.807) is 0 Å². The highest BCUT2D eigenvalue weighted by atomic mass is 32.1. The molecule has 1 unspecified atom stereocenters. The first-order valence-electron chi connectivity index (χ1n) is 5.49. The molecule has 80 valence electrons. The quantitative estimate of drug-likeness (QED) is 0.614. The normalized spacial score (nSPS) is 17.1. The Kier molecular flexibility index (Phi) is 5.43. The van der Waals surface area contributed by atoms with Gasteiger partial charge in [-0.15, -0.1) is 0 Å². The summed E-state index contributed by atoms with van der Waals surface area (Å²) in [6.07, 6.45) is 6.35. The van der Waals surface area contributed by atoms with E-state index in [2.05, 4.69) is 34.6 Å². The van der Waals surface area contributed by atoms with Gasteiger partial charge >= 0.3 is 0 Å². The fraction of sp³-hybridized carbons (Fsp3) is 1.00. The van der Waals surface area contributed by atoms with Gasteiger partial charge in [0.2, 0.25) is 0 Å². The first-order valence-corrected chi connectivity index (χ1v) is 5.94. The van der Waals surface area contributed by atoms with Crippen molar-refractivity contribution in [2.24, 2.45) is 5.41 Å². The van der Waals surface area contributed by atoms with Crippen LogP contribution in [0.15, 0.2) is 0 Å². The molecular formula is C12H26S. The van der Waals surface area contributed by atoms with Gasteiger partial charge in [-0.3, -0.25) is 0 Å². The van der Waals surface area contributed by atoms with Crippen LogP contribution in [0.2, 0.25) is 0 Å². The molecule has 0 saturated heterocycles. The highest BCUT2D eigenvalue weighted by Crippen LogP contribution is 2.30. The maximum atomic E-state index is 4.70. The zero-order valence-electron chi connectivity index (χ0n) is 9.98. The standard InChI is InChI=1S/C12H26S/c1-6-8-12(5,13)10-7-9-11(2,3)4/h13H,6-10H2,1-5H3. The third-order valence-corrected chi connectivity index (χ3v) is 2.88. The molecule has 0 aliphatic heterocycles. The smallest absolute Gasteiger partial charge is 0.0101 e. The van der Waals surface area contributed by atoms with Crippen molar-refractivity contribution in [2.45, 2.75) is 71.5 Å². The van der Waals surface area contributed by atoms with E-state index >= 15 is 0 Å². The summed E-state index contributed by atoms with van der Waals surface area (Å²) in [5, 5.41) is 0. The molecule has 13 heavy (non-hydrogen) atoms. The largest absolute Gasteiger partial charge is 0.173 e. The number of hydrogen-bond donors (Lipinski definition) is 1. The molecular weight excluding hydrogens is 176 g/mol. The highest BCUT2D eigenvalue weighted by molar-refractivity contribution is 7.81. The molecule has 0 fully saturated rings. The Balaban J connectivity index is 3.63. The van der Waals surface area contributed by atoms with Crippen molar-refractivity contribution in [3.63, 3.8) is 0 Å². The van der Waals surface area contributed by atoms with Gasteiger partial charge in [-0.1, -0.05) is 47.5 Å². The average molecular weight is 202 g/mol. The van der Waals surface area contributed by atoms with Crippen LogP contribution in [0.5, 0.6) is 0 Å². The maximum absolute atomic E-state index is 4.70. The van der Waals surface area contributed by atoms with Crippen molar-refractivity contribution >= 4 is 12.6 Å². The molecule has 0 aliphatic carbocycles.